The minimum Gasteiger partial charge on any atom is -0.482 e. The molecule has 0 saturated heterocycles. The maximum Gasteiger partial charge on any atom is 0.135 e. The van der Waals surface area contributed by atoms with Crippen molar-refractivity contribution in [2.24, 2.45) is 0 Å². The molecule has 0 unspecified atom stereocenters. The van der Waals surface area contributed by atoms with Gasteiger partial charge in [-0.3, -0.25) is 0 Å². The van der Waals surface area contributed by atoms with Crippen molar-refractivity contribution in [1.82, 2.24) is 0 Å². The highest BCUT2D eigenvalue weighted by molar-refractivity contribution is 9.11. The summed E-state index contributed by atoms with van der Waals surface area (Å²) in [5, 5.41) is 0. The molecule has 1 aromatic carbocycles. The van der Waals surface area contributed by atoms with Gasteiger partial charge in [-0.25, -0.2) is 0 Å². The highest BCUT2D eigenvalue weighted by Gasteiger charge is 2.45. The number of thiophene rings is 2. The minimum absolute atomic E-state index is 0.296. The molecule has 4 heterocycles. The average Bonchev–Trinajstić information content (AvgIpc) is 2.44. The Bertz CT molecular complexity index is 1810. The maximum atomic E-state index is 7.74. The van der Waals surface area contributed by atoms with E-state index in [0.29, 0.717) is 0 Å². The van der Waals surface area contributed by atoms with Crippen molar-refractivity contribution in [1.29, 1.82) is 0 Å². The number of rotatable bonds is 56. The van der Waals surface area contributed by atoms with Gasteiger partial charge < -0.3 is 9.47 Å². The Balaban J connectivity index is 1.27. The molecule has 0 atom stereocenters. The largest absolute Gasteiger partial charge is 0.482 e. The van der Waals surface area contributed by atoms with Crippen LogP contribution in [0.25, 0.3) is 20.9 Å². The first-order valence-corrected chi connectivity index (χ1v) is 39.8. The summed E-state index contributed by atoms with van der Waals surface area (Å²) in [6.07, 6.45) is 76.4. The van der Waals surface area contributed by atoms with Crippen LogP contribution < -0.4 is 9.47 Å². The number of ether oxygens (including phenoxy) is 2. The van der Waals surface area contributed by atoms with Crippen molar-refractivity contribution >= 4 is 54.5 Å². The van der Waals surface area contributed by atoms with E-state index in [9.17, 15) is 0 Å². The van der Waals surface area contributed by atoms with Gasteiger partial charge in [-0.1, -0.05) is 336 Å². The summed E-state index contributed by atoms with van der Waals surface area (Å²) in [4.78, 5) is 2.83. The normalized spacial score (nSPS) is 13.9. The van der Waals surface area contributed by atoms with Crippen molar-refractivity contribution in [2.45, 2.75) is 398 Å². The van der Waals surface area contributed by atoms with E-state index in [1.54, 1.807) is 0 Å². The molecule has 2 aliphatic heterocycles. The molecule has 0 bridgehead atoms. The van der Waals surface area contributed by atoms with Gasteiger partial charge in [0.15, 0.2) is 0 Å². The number of halogens is 2. The fourth-order valence-electron chi connectivity index (χ4n) is 14.1. The Hall–Kier alpha value is -0.820. The summed E-state index contributed by atoms with van der Waals surface area (Å²) < 4.78 is 18.0. The van der Waals surface area contributed by atoms with Gasteiger partial charge >= 0.3 is 0 Å². The number of fused-ring (bicyclic) bond motifs is 6. The number of unbranched alkanes of at least 4 members (excludes halogenated alkanes) is 48. The molecule has 5 rings (SSSR count). The van der Waals surface area contributed by atoms with E-state index in [2.05, 4.69) is 83.8 Å². The van der Waals surface area contributed by atoms with Crippen molar-refractivity contribution in [2.75, 3.05) is 0 Å². The lowest BCUT2D eigenvalue weighted by atomic mass is 9.79. The van der Waals surface area contributed by atoms with E-state index in [-0.39, 0.29) is 11.2 Å². The highest BCUT2D eigenvalue weighted by Crippen LogP contribution is 2.60. The maximum absolute atomic E-state index is 7.74. The van der Waals surface area contributed by atoms with Crippen LogP contribution in [0.1, 0.15) is 398 Å². The molecule has 0 fully saturated rings. The Labute approximate surface area is 533 Å². The first-order valence-electron chi connectivity index (χ1n) is 36.6. The fraction of sp³-hybridized carbons (Fsp3) is 0.816. The van der Waals surface area contributed by atoms with Crippen LogP contribution in [0.3, 0.4) is 0 Å². The molecule has 2 aliphatic rings. The summed E-state index contributed by atoms with van der Waals surface area (Å²) in [7, 11) is 0. The van der Waals surface area contributed by atoms with E-state index < -0.39 is 0 Å². The van der Waals surface area contributed by atoms with E-state index in [0.717, 1.165) is 37.2 Å². The molecule has 0 saturated carbocycles. The Morgan fingerprint density at radius 3 is 0.646 bits per heavy atom. The number of hydrogen-bond acceptors (Lipinski definition) is 4. The number of benzene rings is 1. The second-order valence-electron chi connectivity index (χ2n) is 26.6. The molecule has 0 amide bonds. The molecular formula is C76H128Br2O2S2. The van der Waals surface area contributed by atoms with Gasteiger partial charge in [0.2, 0.25) is 0 Å². The second kappa shape index (κ2) is 45.4. The Kier molecular flexibility index (Phi) is 39.9. The fourth-order valence-corrected chi connectivity index (χ4v) is 17.5. The molecular weight excluding hydrogens is 1170 g/mol. The van der Waals surface area contributed by atoms with Gasteiger partial charge in [0.05, 0.1) is 7.57 Å². The van der Waals surface area contributed by atoms with Gasteiger partial charge in [0.25, 0.3) is 0 Å². The van der Waals surface area contributed by atoms with E-state index in [1.165, 1.54) is 373 Å². The predicted octanol–water partition coefficient (Wildman–Crippen LogP) is 29.8. The predicted molar refractivity (Wildman–Crippen MR) is 374 cm³/mol. The third-order valence-electron chi connectivity index (χ3n) is 19.3. The molecule has 0 aliphatic carbocycles. The smallest absolute Gasteiger partial charge is 0.135 e. The highest BCUT2D eigenvalue weighted by atomic mass is 79.9. The van der Waals surface area contributed by atoms with E-state index >= 15 is 0 Å². The van der Waals surface area contributed by atoms with E-state index in [1.807, 2.05) is 22.7 Å². The lowest BCUT2D eigenvalue weighted by Gasteiger charge is -2.42. The molecule has 82 heavy (non-hydrogen) atoms. The summed E-state index contributed by atoms with van der Waals surface area (Å²) >= 11 is 12.0. The van der Waals surface area contributed by atoms with Gasteiger partial charge in [-0.05, 0) is 107 Å². The molecule has 470 valence electrons. The van der Waals surface area contributed by atoms with Crippen LogP contribution in [-0.4, -0.2) is 0 Å². The quantitative estimate of drug-likeness (QED) is 0.0525. The van der Waals surface area contributed by atoms with Gasteiger partial charge in [0, 0.05) is 32.0 Å². The Morgan fingerprint density at radius 1 is 0.268 bits per heavy atom. The molecule has 0 N–H and O–H groups in total. The van der Waals surface area contributed by atoms with Crippen molar-refractivity contribution < 1.29 is 9.47 Å². The zero-order valence-electron chi connectivity index (χ0n) is 54.3. The SMILES string of the molecule is CCCCCCCCCCCCCCCC1(CCCCCCCCCCCCCCC)Oc2cc3c(cc2-c2sc(Br)cc21)OC(CCCCCCCCCCCCCCC)(CCCCCCCCCCCCCCC)c1cc(Br)sc1-3. The molecule has 0 radical (unpaired) electrons. The molecule has 0 spiro atoms. The first kappa shape index (κ1) is 71.9. The second-order valence-corrected chi connectivity index (χ2v) is 31.5. The molecule has 6 heteroatoms. The zero-order valence-corrected chi connectivity index (χ0v) is 59.1. The summed E-state index contributed by atoms with van der Waals surface area (Å²) in [5.41, 5.74) is 4.80. The van der Waals surface area contributed by atoms with Crippen LogP contribution >= 0.6 is 54.5 Å². The van der Waals surface area contributed by atoms with Gasteiger partial charge in [-0.15, -0.1) is 22.7 Å². The monoisotopic (exact) mass is 1290 g/mol. The zero-order chi connectivity index (χ0) is 58.0. The van der Waals surface area contributed by atoms with Crippen LogP contribution in [-0.2, 0) is 11.2 Å². The third-order valence-corrected chi connectivity index (χ3v) is 22.6. The van der Waals surface area contributed by atoms with Gasteiger partial charge in [-0.2, -0.15) is 0 Å². The lowest BCUT2D eigenvalue weighted by molar-refractivity contribution is 0.0345. The minimum atomic E-state index is -0.296. The van der Waals surface area contributed by atoms with E-state index in [4.69, 9.17) is 9.47 Å². The Morgan fingerprint density at radius 2 is 0.451 bits per heavy atom. The van der Waals surface area contributed by atoms with Crippen molar-refractivity contribution in [3.8, 4) is 32.4 Å². The van der Waals surface area contributed by atoms with Gasteiger partial charge in [0.1, 0.15) is 22.7 Å². The molecule has 3 aromatic rings. The first-order chi connectivity index (χ1) is 40.4. The lowest BCUT2D eigenvalue weighted by Crippen LogP contribution is -2.37. The van der Waals surface area contributed by atoms with Crippen LogP contribution in [0.4, 0.5) is 0 Å². The van der Waals surface area contributed by atoms with Crippen LogP contribution in [0.2, 0.25) is 0 Å². The van der Waals surface area contributed by atoms with Crippen LogP contribution in [0.5, 0.6) is 11.5 Å². The molecule has 2 aromatic heterocycles. The van der Waals surface area contributed by atoms with Crippen molar-refractivity contribution in [3.63, 3.8) is 0 Å². The summed E-state index contributed by atoms with van der Waals surface area (Å²) in [6.45, 7) is 9.29. The number of hydrogen-bond donors (Lipinski definition) is 0. The average molecular weight is 1300 g/mol. The molecule has 2 nitrogen and oxygen atoms in total. The topological polar surface area (TPSA) is 18.5 Å². The van der Waals surface area contributed by atoms with Crippen molar-refractivity contribution in [3.05, 3.63) is 43.0 Å². The van der Waals surface area contributed by atoms with Crippen LogP contribution in [0.15, 0.2) is 31.8 Å². The van der Waals surface area contributed by atoms with Crippen LogP contribution in [0, 0.1) is 0 Å². The summed E-state index contributed by atoms with van der Waals surface area (Å²) in [5.74, 6) is 2.18. The standard InChI is InChI=1S/C76H128Br2O2S2/c1-5-9-13-17-21-25-29-33-37-41-45-49-53-57-75(58-54-50-46-42-38-34-30-26-22-18-14-10-6-2)67-63-71(77)81-73(67)65-62-70-66(61-69(65)79-75)74-68(64-72(78)82-74)76(80-70,59-55-51-47-43-39-35-31-27-23-19-15-11-7-3)60-56-52-48-44-40-36-32-28-24-20-16-12-8-4/h61-64H,5-60H2,1-4H3. The third kappa shape index (κ3) is 27.3. The summed E-state index contributed by atoms with van der Waals surface area (Å²) in [6, 6.07) is 9.84.